The highest BCUT2D eigenvalue weighted by molar-refractivity contribution is 5.91. The molecular weight excluding hydrogens is 284 g/mol. The Bertz CT molecular complexity index is 871. The maximum Gasteiger partial charge on any atom is 0.222 e. The fraction of sp³-hybridized carbons (Fsp3) is 0.316. The van der Waals surface area contributed by atoms with Gasteiger partial charge in [0.25, 0.3) is 0 Å². The second kappa shape index (κ2) is 5.30. The molecule has 1 aromatic carbocycles. The number of aromatic nitrogens is 3. The smallest absolute Gasteiger partial charge is 0.222 e. The van der Waals surface area contributed by atoms with Gasteiger partial charge in [0, 0.05) is 22.1 Å². The van der Waals surface area contributed by atoms with Gasteiger partial charge in [-0.05, 0) is 38.1 Å². The third kappa shape index (κ3) is 3.02. The summed E-state index contributed by atoms with van der Waals surface area (Å²) in [5, 5.41) is 0.928. The molecule has 4 heteroatoms. The largest absolute Gasteiger partial charge is 0.368 e. The van der Waals surface area contributed by atoms with Crippen LogP contribution in [0.4, 0.5) is 5.95 Å². The van der Waals surface area contributed by atoms with E-state index in [2.05, 4.69) is 68.9 Å². The van der Waals surface area contributed by atoms with Crippen LogP contribution in [0, 0.1) is 13.8 Å². The second-order valence-corrected chi connectivity index (χ2v) is 7.12. The number of aryl methyl sites for hydroxylation is 2. The van der Waals surface area contributed by atoms with E-state index in [9.17, 15) is 0 Å². The van der Waals surface area contributed by atoms with Gasteiger partial charge in [0.1, 0.15) is 0 Å². The fourth-order valence-corrected chi connectivity index (χ4v) is 2.78. The Labute approximate surface area is 136 Å². The lowest BCUT2D eigenvalue weighted by Gasteiger charge is -2.18. The minimum Gasteiger partial charge on any atom is -0.368 e. The molecule has 0 saturated heterocycles. The van der Waals surface area contributed by atoms with Crippen LogP contribution in [0.1, 0.15) is 37.6 Å². The molecular formula is C19H22N4. The number of rotatable bonds is 1. The van der Waals surface area contributed by atoms with Crippen molar-refractivity contribution in [1.82, 2.24) is 15.0 Å². The standard InChI is InChI=1S/C19H22N4/c1-11-8-12(2)10-13(9-11)16-14-6-7-15(19(3,4)5)21-17(14)23-18(20)22-16/h6-10H,1-5H3,(H2,20,21,22,23). The number of benzene rings is 1. The molecule has 0 aliphatic rings. The van der Waals surface area contributed by atoms with E-state index < -0.39 is 0 Å². The van der Waals surface area contributed by atoms with E-state index in [1.807, 2.05) is 6.07 Å². The first kappa shape index (κ1) is 15.4. The van der Waals surface area contributed by atoms with Gasteiger partial charge in [-0.25, -0.2) is 9.97 Å². The topological polar surface area (TPSA) is 64.7 Å². The molecule has 23 heavy (non-hydrogen) atoms. The summed E-state index contributed by atoms with van der Waals surface area (Å²) in [5.41, 5.74) is 11.8. The molecule has 3 rings (SSSR count). The van der Waals surface area contributed by atoms with Crippen molar-refractivity contribution in [3.8, 4) is 11.3 Å². The predicted octanol–water partition coefficient (Wildman–Crippen LogP) is 4.19. The summed E-state index contributed by atoms with van der Waals surface area (Å²) in [6.07, 6.45) is 0. The molecule has 0 unspecified atom stereocenters. The Morgan fingerprint density at radius 3 is 2.13 bits per heavy atom. The number of nitrogen functional groups attached to an aromatic ring is 1. The van der Waals surface area contributed by atoms with Crippen LogP contribution in [-0.2, 0) is 5.41 Å². The first-order chi connectivity index (χ1) is 10.7. The maximum absolute atomic E-state index is 5.94. The number of hydrogen-bond donors (Lipinski definition) is 1. The SMILES string of the molecule is Cc1cc(C)cc(-c2nc(N)nc3nc(C(C)(C)C)ccc23)c1. The zero-order valence-corrected chi connectivity index (χ0v) is 14.3. The van der Waals surface area contributed by atoms with E-state index in [-0.39, 0.29) is 11.4 Å². The molecule has 2 heterocycles. The summed E-state index contributed by atoms with van der Waals surface area (Å²) in [7, 11) is 0. The fourth-order valence-electron chi connectivity index (χ4n) is 2.78. The molecule has 0 spiro atoms. The molecule has 4 nitrogen and oxygen atoms in total. The number of nitrogens with zero attached hydrogens (tertiary/aromatic N) is 3. The molecule has 0 radical (unpaired) electrons. The van der Waals surface area contributed by atoms with E-state index in [1.54, 1.807) is 0 Å². The highest BCUT2D eigenvalue weighted by Gasteiger charge is 2.18. The van der Waals surface area contributed by atoms with Crippen molar-refractivity contribution >= 4 is 17.0 Å². The van der Waals surface area contributed by atoms with Crippen LogP contribution in [-0.4, -0.2) is 15.0 Å². The Hall–Kier alpha value is -2.49. The second-order valence-electron chi connectivity index (χ2n) is 7.12. The van der Waals surface area contributed by atoms with Gasteiger partial charge in [0.2, 0.25) is 5.95 Å². The molecule has 0 fully saturated rings. The molecule has 0 saturated carbocycles. The molecule has 2 N–H and O–H groups in total. The van der Waals surface area contributed by atoms with E-state index in [1.165, 1.54) is 11.1 Å². The zero-order valence-electron chi connectivity index (χ0n) is 14.3. The van der Waals surface area contributed by atoms with E-state index in [0.717, 1.165) is 22.3 Å². The van der Waals surface area contributed by atoms with Gasteiger partial charge in [0.15, 0.2) is 5.65 Å². The Morgan fingerprint density at radius 1 is 0.870 bits per heavy atom. The normalized spacial score (nSPS) is 11.9. The van der Waals surface area contributed by atoms with Crippen molar-refractivity contribution in [3.63, 3.8) is 0 Å². The molecule has 0 atom stereocenters. The van der Waals surface area contributed by atoms with Crippen molar-refractivity contribution < 1.29 is 0 Å². The first-order valence-corrected chi connectivity index (χ1v) is 7.77. The van der Waals surface area contributed by atoms with Gasteiger partial charge >= 0.3 is 0 Å². The average Bonchev–Trinajstić information content (AvgIpc) is 2.43. The number of anilines is 1. The lowest BCUT2D eigenvalue weighted by molar-refractivity contribution is 0.571. The van der Waals surface area contributed by atoms with E-state index in [0.29, 0.717) is 5.65 Å². The average molecular weight is 306 g/mol. The van der Waals surface area contributed by atoms with Crippen LogP contribution in [0.25, 0.3) is 22.3 Å². The van der Waals surface area contributed by atoms with Crippen molar-refractivity contribution in [2.75, 3.05) is 5.73 Å². The summed E-state index contributed by atoms with van der Waals surface area (Å²) >= 11 is 0. The van der Waals surface area contributed by atoms with Crippen LogP contribution in [0.2, 0.25) is 0 Å². The molecule has 0 aliphatic carbocycles. The minimum atomic E-state index is -0.0337. The summed E-state index contributed by atoms with van der Waals surface area (Å²) in [6, 6.07) is 10.5. The van der Waals surface area contributed by atoms with Crippen LogP contribution in [0.15, 0.2) is 30.3 Å². The van der Waals surface area contributed by atoms with Crippen LogP contribution < -0.4 is 5.73 Å². The quantitative estimate of drug-likeness (QED) is 0.732. The minimum absolute atomic E-state index is 0.0337. The van der Waals surface area contributed by atoms with E-state index >= 15 is 0 Å². The van der Waals surface area contributed by atoms with Gasteiger partial charge in [0.05, 0.1) is 5.69 Å². The van der Waals surface area contributed by atoms with Gasteiger partial charge in [-0.2, -0.15) is 4.98 Å². The lowest BCUT2D eigenvalue weighted by atomic mass is 9.91. The lowest BCUT2D eigenvalue weighted by Crippen LogP contribution is -2.14. The summed E-state index contributed by atoms with van der Waals surface area (Å²) in [4.78, 5) is 13.5. The van der Waals surface area contributed by atoms with E-state index in [4.69, 9.17) is 10.7 Å². The molecule has 0 amide bonds. The summed E-state index contributed by atoms with van der Waals surface area (Å²) < 4.78 is 0. The molecule has 0 aliphatic heterocycles. The molecule has 2 aromatic heterocycles. The Morgan fingerprint density at radius 2 is 1.52 bits per heavy atom. The highest BCUT2D eigenvalue weighted by atomic mass is 15.0. The van der Waals surface area contributed by atoms with Crippen LogP contribution >= 0.6 is 0 Å². The third-order valence-corrected chi connectivity index (χ3v) is 3.84. The Kier molecular flexibility index (Phi) is 3.55. The number of fused-ring (bicyclic) bond motifs is 1. The van der Waals surface area contributed by atoms with Crippen molar-refractivity contribution in [3.05, 3.63) is 47.2 Å². The Balaban J connectivity index is 2.29. The van der Waals surface area contributed by atoms with Crippen molar-refractivity contribution in [2.24, 2.45) is 0 Å². The van der Waals surface area contributed by atoms with Gasteiger partial charge < -0.3 is 5.73 Å². The van der Waals surface area contributed by atoms with Crippen molar-refractivity contribution in [1.29, 1.82) is 0 Å². The van der Waals surface area contributed by atoms with Gasteiger partial charge in [-0.3, -0.25) is 0 Å². The number of hydrogen-bond acceptors (Lipinski definition) is 4. The predicted molar refractivity (Wildman–Crippen MR) is 95.4 cm³/mol. The third-order valence-electron chi connectivity index (χ3n) is 3.84. The zero-order chi connectivity index (χ0) is 16.8. The van der Waals surface area contributed by atoms with Crippen LogP contribution in [0.5, 0.6) is 0 Å². The number of pyridine rings is 1. The monoisotopic (exact) mass is 306 g/mol. The first-order valence-electron chi connectivity index (χ1n) is 7.77. The molecule has 0 bridgehead atoms. The maximum atomic E-state index is 5.94. The summed E-state index contributed by atoms with van der Waals surface area (Å²) in [5.74, 6) is 0.255. The highest BCUT2D eigenvalue weighted by Crippen LogP contribution is 2.29. The van der Waals surface area contributed by atoms with Crippen LogP contribution in [0.3, 0.4) is 0 Å². The summed E-state index contributed by atoms with van der Waals surface area (Å²) in [6.45, 7) is 10.6. The number of nitrogens with two attached hydrogens (primary N) is 1. The molecule has 118 valence electrons. The molecule has 3 aromatic rings. The van der Waals surface area contributed by atoms with Crippen molar-refractivity contribution in [2.45, 2.75) is 40.0 Å². The van der Waals surface area contributed by atoms with Gasteiger partial charge in [-0.1, -0.05) is 38.0 Å². The van der Waals surface area contributed by atoms with Gasteiger partial charge in [-0.15, -0.1) is 0 Å².